The molecule has 0 saturated heterocycles. The third-order valence-corrected chi connectivity index (χ3v) is 7.45. The van der Waals surface area contributed by atoms with E-state index in [9.17, 15) is 13.8 Å². The highest BCUT2D eigenvalue weighted by molar-refractivity contribution is 7.83. The number of nitrogens with zero attached hydrogens (tertiary/aromatic N) is 1. The predicted molar refractivity (Wildman–Crippen MR) is 131 cm³/mol. The zero-order chi connectivity index (χ0) is 24.4. The maximum atomic E-state index is 12.6. The topological polar surface area (TPSA) is 121 Å². The Morgan fingerprint density at radius 3 is 2.52 bits per heavy atom. The monoisotopic (exact) mass is 495 g/mol. The Morgan fingerprint density at radius 2 is 1.97 bits per heavy atom. The van der Waals surface area contributed by atoms with Crippen molar-refractivity contribution < 1.29 is 23.3 Å². The van der Waals surface area contributed by atoms with E-state index in [-0.39, 0.29) is 6.10 Å². The molecule has 1 heterocycles. The standard InChI is InChI=1S/C19H24N2O3S2.C4H9NO2/c1-3-21-26(23)17-11-14(19(22)24-2)9-10-15(17)16-12-20-18(25-16)13-7-5-4-6-8-13;1-3(2)7-4(5)6/h9-13,21H,3-8H2,1-2H3;3H,1-2H3,(H2,5,6). The van der Waals surface area contributed by atoms with E-state index in [0.29, 0.717) is 22.9 Å². The van der Waals surface area contributed by atoms with Crippen LogP contribution in [0, 0.1) is 0 Å². The van der Waals surface area contributed by atoms with Crippen LogP contribution >= 0.6 is 11.3 Å². The summed E-state index contributed by atoms with van der Waals surface area (Å²) in [6, 6.07) is 5.21. The van der Waals surface area contributed by atoms with Crippen molar-refractivity contribution in [3.63, 3.8) is 0 Å². The first kappa shape index (κ1) is 26.9. The third kappa shape index (κ3) is 8.21. The number of aromatic nitrogens is 1. The van der Waals surface area contributed by atoms with Gasteiger partial charge in [-0.15, -0.1) is 11.3 Å². The average molecular weight is 496 g/mol. The Morgan fingerprint density at radius 1 is 1.27 bits per heavy atom. The minimum absolute atomic E-state index is 0.0995. The van der Waals surface area contributed by atoms with E-state index in [4.69, 9.17) is 4.74 Å². The summed E-state index contributed by atoms with van der Waals surface area (Å²) < 4.78 is 24.8. The molecule has 1 aliphatic rings. The second-order valence-corrected chi connectivity index (χ2v) is 10.2. The van der Waals surface area contributed by atoms with Crippen LogP contribution in [0.2, 0.25) is 0 Å². The van der Waals surface area contributed by atoms with Gasteiger partial charge in [-0.05, 0) is 38.8 Å². The molecule has 1 aromatic carbocycles. The van der Waals surface area contributed by atoms with E-state index in [1.165, 1.54) is 39.2 Å². The lowest BCUT2D eigenvalue weighted by Gasteiger charge is -2.18. The Bertz CT molecular complexity index is 955. The number of thiazole rings is 1. The number of amides is 1. The molecular weight excluding hydrogens is 462 g/mol. The van der Waals surface area contributed by atoms with Gasteiger partial charge in [-0.3, -0.25) is 0 Å². The second kappa shape index (κ2) is 13.4. The van der Waals surface area contributed by atoms with Crippen LogP contribution in [0.25, 0.3) is 10.4 Å². The molecule has 1 unspecified atom stereocenters. The van der Waals surface area contributed by atoms with Gasteiger partial charge in [-0.25, -0.2) is 23.5 Å². The van der Waals surface area contributed by atoms with Gasteiger partial charge in [0.25, 0.3) is 0 Å². The molecule has 2 aromatic rings. The van der Waals surface area contributed by atoms with Gasteiger partial charge in [0.15, 0.2) is 0 Å². The Balaban J connectivity index is 0.000000479. The lowest BCUT2D eigenvalue weighted by atomic mass is 9.90. The fraction of sp³-hybridized carbons (Fsp3) is 0.522. The molecule has 0 bridgehead atoms. The second-order valence-electron chi connectivity index (χ2n) is 7.85. The van der Waals surface area contributed by atoms with Gasteiger partial charge in [-0.2, -0.15) is 0 Å². The van der Waals surface area contributed by atoms with Crippen LogP contribution < -0.4 is 10.5 Å². The van der Waals surface area contributed by atoms with Crippen molar-refractivity contribution in [1.29, 1.82) is 0 Å². The number of carbonyl (C=O) groups is 2. The van der Waals surface area contributed by atoms with Gasteiger partial charge in [0.1, 0.15) is 11.0 Å². The van der Waals surface area contributed by atoms with E-state index >= 15 is 0 Å². The first-order chi connectivity index (χ1) is 15.8. The fourth-order valence-electron chi connectivity index (χ4n) is 3.52. The first-order valence-electron chi connectivity index (χ1n) is 11.1. The summed E-state index contributed by atoms with van der Waals surface area (Å²) in [5, 5.41) is 1.16. The number of primary amides is 1. The number of benzene rings is 1. The van der Waals surface area contributed by atoms with E-state index in [1.807, 2.05) is 19.2 Å². The largest absolute Gasteiger partial charge is 0.465 e. The fourth-order valence-corrected chi connectivity index (χ4v) is 5.74. The highest BCUT2D eigenvalue weighted by Crippen LogP contribution is 2.39. The Labute approximate surface area is 201 Å². The van der Waals surface area contributed by atoms with E-state index in [2.05, 4.69) is 20.2 Å². The smallest absolute Gasteiger partial charge is 0.404 e. The zero-order valence-electron chi connectivity index (χ0n) is 19.6. The molecule has 10 heteroatoms. The average Bonchev–Trinajstić information content (AvgIpc) is 3.28. The van der Waals surface area contributed by atoms with Gasteiger partial charge in [0.05, 0.1) is 33.6 Å². The normalized spacial score (nSPS) is 14.8. The molecule has 1 aromatic heterocycles. The summed E-state index contributed by atoms with van der Waals surface area (Å²) in [6.07, 6.45) is 7.30. The van der Waals surface area contributed by atoms with Gasteiger partial charge < -0.3 is 15.2 Å². The number of esters is 1. The number of nitrogens with one attached hydrogen (secondary N) is 1. The molecule has 1 saturated carbocycles. The summed E-state index contributed by atoms with van der Waals surface area (Å²) in [6.45, 7) is 5.95. The zero-order valence-corrected chi connectivity index (χ0v) is 21.2. The lowest BCUT2D eigenvalue weighted by Crippen LogP contribution is -2.17. The summed E-state index contributed by atoms with van der Waals surface area (Å²) in [5.74, 6) is 0.109. The van der Waals surface area contributed by atoms with Crippen molar-refractivity contribution in [2.24, 2.45) is 5.73 Å². The van der Waals surface area contributed by atoms with Gasteiger partial charge >= 0.3 is 12.1 Å². The maximum absolute atomic E-state index is 12.6. The molecule has 0 spiro atoms. The van der Waals surface area contributed by atoms with Crippen LogP contribution in [0.15, 0.2) is 29.3 Å². The van der Waals surface area contributed by atoms with Crippen LogP contribution in [0.3, 0.4) is 0 Å². The van der Waals surface area contributed by atoms with Crippen LogP contribution in [-0.2, 0) is 20.5 Å². The summed E-state index contributed by atoms with van der Waals surface area (Å²) in [4.78, 5) is 27.9. The summed E-state index contributed by atoms with van der Waals surface area (Å²) >= 11 is 1.67. The van der Waals surface area contributed by atoms with E-state index in [0.717, 1.165) is 15.4 Å². The molecular formula is C23H33N3O5S2. The summed E-state index contributed by atoms with van der Waals surface area (Å²) in [5.41, 5.74) is 5.89. The minimum Gasteiger partial charge on any atom is -0.465 e. The molecule has 1 aliphatic carbocycles. The van der Waals surface area contributed by atoms with Crippen LogP contribution in [0.5, 0.6) is 0 Å². The molecule has 3 N–H and O–H groups in total. The van der Waals surface area contributed by atoms with Crippen molar-refractivity contribution in [2.75, 3.05) is 13.7 Å². The Hall–Kier alpha value is -2.30. The van der Waals surface area contributed by atoms with Gasteiger partial charge in [-0.1, -0.05) is 32.3 Å². The Kier molecular flexibility index (Phi) is 11.0. The highest BCUT2D eigenvalue weighted by Gasteiger charge is 2.21. The molecule has 1 atom stereocenters. The number of methoxy groups -OCH3 is 1. The van der Waals surface area contributed by atoms with Crippen molar-refractivity contribution in [2.45, 2.75) is 69.8 Å². The maximum Gasteiger partial charge on any atom is 0.404 e. The number of hydrogen-bond acceptors (Lipinski definition) is 7. The minimum atomic E-state index is -1.40. The molecule has 1 amide bonds. The SMILES string of the molecule is CC(C)OC(N)=O.CCNS(=O)c1cc(C(=O)OC)ccc1-c1cnc(C2CCCCC2)s1. The third-order valence-electron chi connectivity index (χ3n) is 4.97. The number of hydrogen-bond donors (Lipinski definition) is 2. The lowest BCUT2D eigenvalue weighted by molar-refractivity contribution is 0.0600. The molecule has 3 rings (SSSR count). The highest BCUT2D eigenvalue weighted by atomic mass is 32.2. The summed E-state index contributed by atoms with van der Waals surface area (Å²) in [7, 11) is -0.0546. The van der Waals surface area contributed by atoms with Crippen molar-refractivity contribution >= 4 is 34.4 Å². The number of carbonyl (C=O) groups excluding carboxylic acids is 2. The van der Waals surface area contributed by atoms with Crippen LogP contribution in [-0.4, -0.2) is 41.0 Å². The predicted octanol–water partition coefficient (Wildman–Crippen LogP) is 4.77. The van der Waals surface area contributed by atoms with E-state index in [1.54, 1.807) is 37.3 Å². The van der Waals surface area contributed by atoms with Crippen molar-refractivity contribution in [3.05, 3.63) is 35.0 Å². The quantitative estimate of drug-likeness (QED) is 0.534. The van der Waals surface area contributed by atoms with Crippen LogP contribution in [0.4, 0.5) is 4.79 Å². The molecule has 8 nitrogen and oxygen atoms in total. The first-order valence-corrected chi connectivity index (χ1v) is 13.0. The number of nitrogens with two attached hydrogens (primary N) is 1. The van der Waals surface area contributed by atoms with Crippen molar-refractivity contribution in [3.8, 4) is 10.4 Å². The van der Waals surface area contributed by atoms with Gasteiger partial charge in [0, 0.05) is 24.2 Å². The molecule has 0 radical (unpaired) electrons. The van der Waals surface area contributed by atoms with Crippen LogP contribution in [0.1, 0.15) is 74.2 Å². The number of ether oxygens (including phenoxy) is 2. The molecule has 0 aliphatic heterocycles. The van der Waals surface area contributed by atoms with E-state index < -0.39 is 23.0 Å². The number of rotatable bonds is 7. The molecule has 33 heavy (non-hydrogen) atoms. The van der Waals surface area contributed by atoms with Crippen molar-refractivity contribution in [1.82, 2.24) is 9.71 Å². The molecule has 182 valence electrons. The molecule has 1 fully saturated rings. The van der Waals surface area contributed by atoms with Gasteiger partial charge in [0.2, 0.25) is 0 Å².